The molecule has 2 aromatic carbocycles. The molecule has 0 aliphatic heterocycles. The van der Waals surface area contributed by atoms with Crippen molar-refractivity contribution < 1.29 is 23.5 Å². The first-order valence-corrected chi connectivity index (χ1v) is 9.08. The molecule has 0 aliphatic carbocycles. The molecule has 2 heterocycles. The van der Waals surface area contributed by atoms with Gasteiger partial charge in [0.15, 0.2) is 5.82 Å². The van der Waals surface area contributed by atoms with Crippen molar-refractivity contribution in [1.82, 2.24) is 15.3 Å². The molecule has 1 atom stereocenters. The number of carbonyl (C=O) groups excluding carboxylic acids is 1. The first-order chi connectivity index (χ1) is 13.4. The molecule has 142 valence electrons. The number of halogens is 2. The summed E-state index contributed by atoms with van der Waals surface area (Å²) in [5.74, 6) is -3.28. The molecule has 6 nitrogen and oxygen atoms in total. The zero-order valence-electron chi connectivity index (χ0n) is 14.2. The average molecular weight is 401 g/mol. The SMILES string of the molecule is O=C(N[C@H](Cc1nc2c(F)cc(F)cc2[nH]1)C(=O)O)c1cc2ccccc2s1. The number of nitrogens with one attached hydrogen (secondary N) is 2. The number of rotatable bonds is 5. The van der Waals surface area contributed by atoms with Crippen LogP contribution in [-0.4, -0.2) is 33.0 Å². The summed E-state index contributed by atoms with van der Waals surface area (Å²) < 4.78 is 28.0. The third-order valence-electron chi connectivity index (χ3n) is 4.20. The van der Waals surface area contributed by atoms with Crippen LogP contribution in [0.5, 0.6) is 0 Å². The third kappa shape index (κ3) is 3.44. The highest BCUT2D eigenvalue weighted by Gasteiger charge is 2.24. The van der Waals surface area contributed by atoms with Crippen LogP contribution in [0.15, 0.2) is 42.5 Å². The Morgan fingerprint density at radius 1 is 1.21 bits per heavy atom. The molecule has 0 unspecified atom stereocenters. The fourth-order valence-corrected chi connectivity index (χ4v) is 3.87. The summed E-state index contributed by atoms with van der Waals surface area (Å²) in [6, 6.07) is 9.60. The van der Waals surface area contributed by atoms with Crippen molar-refractivity contribution in [3.8, 4) is 0 Å². The van der Waals surface area contributed by atoms with Crippen LogP contribution in [0.4, 0.5) is 8.78 Å². The van der Waals surface area contributed by atoms with Gasteiger partial charge in [-0.1, -0.05) is 18.2 Å². The van der Waals surface area contributed by atoms with Crippen molar-refractivity contribution >= 4 is 44.3 Å². The quantitative estimate of drug-likeness (QED) is 0.477. The average Bonchev–Trinajstić information content (AvgIpc) is 3.24. The summed E-state index contributed by atoms with van der Waals surface area (Å²) in [5, 5.41) is 12.8. The Morgan fingerprint density at radius 2 is 2.00 bits per heavy atom. The van der Waals surface area contributed by atoms with E-state index in [-0.39, 0.29) is 23.3 Å². The number of aliphatic carboxylic acids is 1. The maximum Gasteiger partial charge on any atom is 0.326 e. The van der Waals surface area contributed by atoms with E-state index in [1.54, 1.807) is 6.07 Å². The van der Waals surface area contributed by atoms with Crippen LogP contribution in [0.1, 0.15) is 15.5 Å². The van der Waals surface area contributed by atoms with Crippen LogP contribution in [0, 0.1) is 11.6 Å². The topological polar surface area (TPSA) is 95.1 Å². The van der Waals surface area contributed by atoms with Crippen molar-refractivity contribution in [2.45, 2.75) is 12.5 Å². The van der Waals surface area contributed by atoms with E-state index in [2.05, 4.69) is 15.3 Å². The molecule has 0 spiro atoms. The minimum absolute atomic E-state index is 0.0867. The van der Waals surface area contributed by atoms with E-state index in [4.69, 9.17) is 0 Å². The van der Waals surface area contributed by atoms with Gasteiger partial charge < -0.3 is 15.4 Å². The van der Waals surface area contributed by atoms with Gasteiger partial charge in [-0.05, 0) is 23.6 Å². The second-order valence-corrected chi connectivity index (χ2v) is 7.27. The Kier molecular flexibility index (Phi) is 4.52. The number of H-pyrrole nitrogens is 1. The molecule has 0 radical (unpaired) electrons. The van der Waals surface area contributed by atoms with Gasteiger partial charge in [-0.2, -0.15) is 0 Å². The third-order valence-corrected chi connectivity index (χ3v) is 5.32. The first kappa shape index (κ1) is 18.1. The summed E-state index contributed by atoms with van der Waals surface area (Å²) in [6.45, 7) is 0. The number of hydrogen-bond donors (Lipinski definition) is 3. The number of carboxylic acids is 1. The Morgan fingerprint density at radius 3 is 2.75 bits per heavy atom. The molecule has 0 saturated heterocycles. The van der Waals surface area contributed by atoms with Gasteiger partial charge in [-0.3, -0.25) is 4.79 Å². The molecule has 0 fully saturated rings. The highest BCUT2D eigenvalue weighted by molar-refractivity contribution is 7.20. The predicted octanol–water partition coefficient (Wildman–Crippen LogP) is 3.48. The van der Waals surface area contributed by atoms with E-state index in [0.717, 1.165) is 16.2 Å². The number of thiophene rings is 1. The van der Waals surface area contributed by atoms with Gasteiger partial charge in [-0.15, -0.1) is 11.3 Å². The number of nitrogens with zero attached hydrogens (tertiary/aromatic N) is 1. The molecular formula is C19H13F2N3O3S. The van der Waals surface area contributed by atoms with Gasteiger partial charge in [0.1, 0.15) is 23.2 Å². The Labute approximate surface area is 160 Å². The summed E-state index contributed by atoms with van der Waals surface area (Å²) in [4.78, 5) is 31.1. The summed E-state index contributed by atoms with van der Waals surface area (Å²) in [7, 11) is 0. The molecular weight excluding hydrogens is 388 g/mol. The van der Waals surface area contributed by atoms with Crippen LogP contribution in [-0.2, 0) is 11.2 Å². The number of imidazole rings is 1. The van der Waals surface area contributed by atoms with E-state index >= 15 is 0 Å². The predicted molar refractivity (Wildman–Crippen MR) is 100 cm³/mol. The second kappa shape index (κ2) is 7.01. The molecule has 4 aromatic rings. The maximum atomic E-state index is 13.8. The minimum Gasteiger partial charge on any atom is -0.480 e. The largest absolute Gasteiger partial charge is 0.480 e. The van der Waals surface area contributed by atoms with Gasteiger partial charge >= 0.3 is 5.97 Å². The fraction of sp³-hybridized carbons (Fsp3) is 0.105. The Bertz CT molecular complexity index is 1180. The number of hydrogen-bond acceptors (Lipinski definition) is 4. The molecule has 0 saturated carbocycles. The van der Waals surface area contributed by atoms with Crippen molar-refractivity contribution in [2.24, 2.45) is 0 Å². The van der Waals surface area contributed by atoms with E-state index in [0.29, 0.717) is 10.9 Å². The fourth-order valence-electron chi connectivity index (χ4n) is 2.91. The van der Waals surface area contributed by atoms with E-state index in [9.17, 15) is 23.5 Å². The van der Waals surface area contributed by atoms with Crippen molar-refractivity contribution in [1.29, 1.82) is 0 Å². The molecule has 0 bridgehead atoms. The number of carbonyl (C=O) groups is 2. The monoisotopic (exact) mass is 401 g/mol. The van der Waals surface area contributed by atoms with E-state index in [1.165, 1.54) is 11.3 Å². The van der Waals surface area contributed by atoms with Crippen LogP contribution in [0.3, 0.4) is 0 Å². The molecule has 28 heavy (non-hydrogen) atoms. The van der Waals surface area contributed by atoms with Gasteiger partial charge in [-0.25, -0.2) is 18.6 Å². The standard InChI is InChI=1S/C19H13F2N3O3S/c20-10-6-11(21)17-12(7-10)22-16(24-17)8-13(19(26)27)23-18(25)15-5-9-3-1-2-4-14(9)28-15/h1-7,13H,8H2,(H,22,24)(H,23,25)(H,26,27)/t13-/m1/s1. The summed E-state index contributed by atoms with van der Waals surface area (Å²) >= 11 is 1.25. The molecule has 3 N–H and O–H groups in total. The van der Waals surface area contributed by atoms with E-state index in [1.807, 2.05) is 24.3 Å². The van der Waals surface area contributed by atoms with E-state index < -0.39 is 29.6 Å². The Balaban J connectivity index is 1.56. The number of aromatic amines is 1. The summed E-state index contributed by atoms with van der Waals surface area (Å²) in [5.41, 5.74) is 0.0313. The van der Waals surface area contributed by atoms with Crippen LogP contribution in [0.25, 0.3) is 21.1 Å². The number of carboxylic acid groups (broad SMARTS) is 1. The van der Waals surface area contributed by atoms with Gasteiger partial charge in [0.2, 0.25) is 0 Å². The number of amides is 1. The number of benzene rings is 2. The van der Waals surface area contributed by atoms with Crippen LogP contribution >= 0.6 is 11.3 Å². The number of fused-ring (bicyclic) bond motifs is 2. The molecule has 1 amide bonds. The lowest BCUT2D eigenvalue weighted by Crippen LogP contribution is -2.42. The van der Waals surface area contributed by atoms with Gasteiger partial charge in [0.05, 0.1) is 10.4 Å². The highest BCUT2D eigenvalue weighted by Crippen LogP contribution is 2.25. The zero-order valence-corrected chi connectivity index (χ0v) is 15.0. The van der Waals surface area contributed by atoms with Crippen molar-refractivity contribution in [3.63, 3.8) is 0 Å². The molecule has 2 aromatic heterocycles. The highest BCUT2D eigenvalue weighted by atomic mass is 32.1. The first-order valence-electron chi connectivity index (χ1n) is 8.26. The van der Waals surface area contributed by atoms with Gasteiger partial charge in [0, 0.05) is 17.2 Å². The zero-order chi connectivity index (χ0) is 19.8. The minimum atomic E-state index is -1.29. The second-order valence-electron chi connectivity index (χ2n) is 6.18. The normalized spacial score (nSPS) is 12.4. The number of aromatic nitrogens is 2. The van der Waals surface area contributed by atoms with Crippen LogP contribution < -0.4 is 5.32 Å². The summed E-state index contributed by atoms with van der Waals surface area (Å²) in [6.07, 6.45) is -0.207. The van der Waals surface area contributed by atoms with Gasteiger partial charge in [0.25, 0.3) is 5.91 Å². The molecule has 4 rings (SSSR count). The lowest BCUT2D eigenvalue weighted by atomic mass is 10.2. The maximum absolute atomic E-state index is 13.8. The lowest BCUT2D eigenvalue weighted by Gasteiger charge is -2.12. The smallest absolute Gasteiger partial charge is 0.326 e. The van der Waals surface area contributed by atoms with Crippen molar-refractivity contribution in [3.05, 3.63) is 64.8 Å². The van der Waals surface area contributed by atoms with Crippen molar-refractivity contribution in [2.75, 3.05) is 0 Å². The Hall–Kier alpha value is -3.33. The van der Waals surface area contributed by atoms with Crippen LogP contribution in [0.2, 0.25) is 0 Å². The molecule has 9 heteroatoms. The lowest BCUT2D eigenvalue weighted by molar-refractivity contribution is -0.139. The molecule has 0 aliphatic rings.